The summed E-state index contributed by atoms with van der Waals surface area (Å²) in [6, 6.07) is 0. The van der Waals surface area contributed by atoms with Crippen molar-refractivity contribution in [2.45, 2.75) is 108 Å². The lowest BCUT2D eigenvalue weighted by atomic mass is 9.41. The van der Waals surface area contributed by atoms with Crippen molar-refractivity contribution in [3.05, 3.63) is 23.3 Å². The summed E-state index contributed by atoms with van der Waals surface area (Å²) in [5.41, 5.74) is -3.92. The maximum absolute atomic E-state index is 14.0. The number of methoxy groups -OCH3 is 1. The summed E-state index contributed by atoms with van der Waals surface area (Å²) >= 11 is 0. The fourth-order valence-electron chi connectivity index (χ4n) is 9.11. The Labute approximate surface area is 233 Å². The van der Waals surface area contributed by atoms with Crippen LogP contribution in [0.3, 0.4) is 0 Å². The third-order valence-electron chi connectivity index (χ3n) is 11.4. The van der Waals surface area contributed by atoms with E-state index in [2.05, 4.69) is 0 Å². The van der Waals surface area contributed by atoms with E-state index in [4.69, 9.17) is 18.9 Å². The molecule has 40 heavy (non-hydrogen) atoms. The fraction of sp³-hybridized carbons (Fsp3) is 0.767. The van der Waals surface area contributed by atoms with Crippen LogP contribution in [0.2, 0.25) is 0 Å². The van der Waals surface area contributed by atoms with Crippen molar-refractivity contribution in [1.29, 1.82) is 0 Å². The molecular formula is C30H40O10. The van der Waals surface area contributed by atoms with Crippen LogP contribution >= 0.6 is 0 Å². The number of fused-ring (bicyclic) bond motifs is 5. The van der Waals surface area contributed by atoms with Crippen LogP contribution in [-0.4, -0.2) is 88.5 Å². The van der Waals surface area contributed by atoms with Gasteiger partial charge in [-0.15, -0.1) is 0 Å². The number of ether oxygens (including phenoxy) is 4. The largest absolute Gasteiger partial charge is 0.458 e. The van der Waals surface area contributed by atoms with Crippen molar-refractivity contribution in [3.63, 3.8) is 0 Å². The summed E-state index contributed by atoms with van der Waals surface area (Å²) in [5, 5.41) is 36.1. The molecular weight excluding hydrogens is 520 g/mol. The summed E-state index contributed by atoms with van der Waals surface area (Å²) in [4.78, 5) is 38.6. The van der Waals surface area contributed by atoms with Gasteiger partial charge in [0, 0.05) is 42.9 Å². The molecule has 4 fully saturated rings. The number of carbonyl (C=O) groups excluding carboxylic acids is 3. The number of hydrogen-bond donors (Lipinski definition) is 3. The van der Waals surface area contributed by atoms with Crippen LogP contribution < -0.4 is 0 Å². The maximum Gasteiger partial charge on any atom is 0.331 e. The van der Waals surface area contributed by atoms with E-state index in [9.17, 15) is 29.7 Å². The van der Waals surface area contributed by atoms with Gasteiger partial charge in [-0.25, -0.2) is 4.79 Å². The predicted octanol–water partition coefficient (Wildman–Crippen LogP) is 1.53. The first-order chi connectivity index (χ1) is 18.8. The van der Waals surface area contributed by atoms with Gasteiger partial charge in [-0.2, -0.15) is 0 Å². The summed E-state index contributed by atoms with van der Waals surface area (Å²) in [5.74, 6) is -2.38. The molecule has 10 heteroatoms. The van der Waals surface area contributed by atoms with Gasteiger partial charge in [0.1, 0.15) is 18.8 Å². The number of hydrogen-bond acceptors (Lipinski definition) is 10. The number of Topliss-reactive ketones (excluding diaryl/α,β-unsaturated/α-hetero) is 2. The van der Waals surface area contributed by atoms with E-state index in [0.29, 0.717) is 43.3 Å². The normalized spacial score (nSPS) is 50.5. The molecule has 6 rings (SSSR count). The molecule has 3 saturated carbocycles. The first kappa shape index (κ1) is 28.2. The molecule has 0 aromatic heterocycles. The monoisotopic (exact) mass is 560 g/mol. The van der Waals surface area contributed by atoms with Crippen LogP contribution in [0, 0.1) is 22.7 Å². The Bertz CT molecular complexity index is 1190. The molecule has 6 aliphatic rings. The van der Waals surface area contributed by atoms with Gasteiger partial charge in [0.05, 0.1) is 28.8 Å². The van der Waals surface area contributed by atoms with Crippen LogP contribution in [0.15, 0.2) is 23.3 Å². The Morgan fingerprint density at radius 3 is 2.52 bits per heavy atom. The zero-order valence-electron chi connectivity index (χ0n) is 23.6. The molecule has 220 valence electrons. The SMILES string of the molecule is CO[C@H]1C[C@H](C)O[C@H](O[C@@H]2CC[C@]3(C)[C@H]4[C@H](O)C(=O)[C@]5(C)C(C6=CC(=O)OC6)=CC[C@]5(O)[C@@H]4CC[C@@]3(O)C2)C1=O. The summed E-state index contributed by atoms with van der Waals surface area (Å²) in [6.07, 6.45) is 1.97. The molecule has 4 aliphatic carbocycles. The average Bonchev–Trinajstić information content (AvgIpc) is 3.45. The Kier molecular flexibility index (Phi) is 6.54. The zero-order chi connectivity index (χ0) is 28.8. The number of rotatable bonds is 4. The van der Waals surface area contributed by atoms with Crippen LogP contribution in [0.4, 0.5) is 0 Å². The fourth-order valence-corrected chi connectivity index (χ4v) is 9.11. The average molecular weight is 561 g/mol. The lowest BCUT2D eigenvalue weighted by molar-refractivity contribution is -0.278. The van der Waals surface area contributed by atoms with E-state index in [1.807, 2.05) is 19.9 Å². The number of esters is 1. The van der Waals surface area contributed by atoms with E-state index in [1.165, 1.54) is 13.2 Å². The second kappa shape index (κ2) is 9.28. The van der Waals surface area contributed by atoms with Gasteiger partial charge in [0.25, 0.3) is 0 Å². The molecule has 2 heterocycles. The molecule has 0 aromatic carbocycles. The second-order valence-electron chi connectivity index (χ2n) is 13.2. The molecule has 0 radical (unpaired) electrons. The van der Waals surface area contributed by atoms with Crippen molar-refractivity contribution in [2.24, 2.45) is 22.7 Å². The van der Waals surface area contributed by atoms with Gasteiger partial charge in [-0.3, -0.25) is 9.59 Å². The quantitative estimate of drug-likeness (QED) is 0.341. The van der Waals surface area contributed by atoms with Gasteiger partial charge >= 0.3 is 5.97 Å². The van der Waals surface area contributed by atoms with E-state index >= 15 is 0 Å². The lowest BCUT2D eigenvalue weighted by Crippen LogP contribution is -2.73. The third-order valence-corrected chi connectivity index (χ3v) is 11.4. The highest BCUT2D eigenvalue weighted by Gasteiger charge is 2.74. The molecule has 3 N–H and O–H groups in total. The van der Waals surface area contributed by atoms with E-state index < -0.39 is 70.2 Å². The Morgan fingerprint density at radius 1 is 1.10 bits per heavy atom. The minimum absolute atomic E-state index is 0.0315. The molecule has 0 spiro atoms. The van der Waals surface area contributed by atoms with Gasteiger partial charge in [-0.05, 0) is 57.4 Å². The highest BCUT2D eigenvalue weighted by atomic mass is 16.7. The molecule has 1 saturated heterocycles. The van der Waals surface area contributed by atoms with E-state index in [-0.39, 0.29) is 31.3 Å². The van der Waals surface area contributed by atoms with Crippen molar-refractivity contribution in [2.75, 3.05) is 13.7 Å². The maximum atomic E-state index is 14.0. The predicted molar refractivity (Wildman–Crippen MR) is 139 cm³/mol. The van der Waals surface area contributed by atoms with Crippen LogP contribution in [0.1, 0.15) is 65.7 Å². The molecule has 10 nitrogen and oxygen atoms in total. The van der Waals surface area contributed by atoms with Crippen LogP contribution in [-0.2, 0) is 33.3 Å². The lowest BCUT2D eigenvalue weighted by Gasteiger charge is -2.66. The molecule has 0 bridgehead atoms. The number of carbonyl (C=O) groups is 3. The standard InChI is InChI=1S/C30H40O10/c1-15-11-20(37-4)23(32)26(39-15)40-17-5-8-27(2)22-19(6-9-29(27,35)13-17)30(36)10-7-18(16-12-21(31)38-14-16)28(30,3)25(34)24(22)33/h7,12,15,17,19-20,22,24,26,33,35-36H,5-6,8-11,13-14H2,1-4H3/t15-,17+,19+,20-,22+,24-,26+,27+,28-,29+,30-/m0/s1. The summed E-state index contributed by atoms with van der Waals surface area (Å²) in [6.45, 7) is 5.46. The Hall–Kier alpha value is -1.95. The van der Waals surface area contributed by atoms with Gasteiger partial charge in [0.15, 0.2) is 5.78 Å². The summed E-state index contributed by atoms with van der Waals surface area (Å²) < 4.78 is 22.3. The number of ketones is 2. The summed E-state index contributed by atoms with van der Waals surface area (Å²) in [7, 11) is 1.49. The first-order valence-corrected chi connectivity index (χ1v) is 14.4. The first-order valence-electron chi connectivity index (χ1n) is 14.4. The number of cyclic esters (lactones) is 1. The third kappa shape index (κ3) is 3.66. The van der Waals surface area contributed by atoms with Gasteiger partial charge < -0.3 is 34.3 Å². The Morgan fingerprint density at radius 2 is 1.85 bits per heavy atom. The van der Waals surface area contributed by atoms with Gasteiger partial charge in [-0.1, -0.05) is 13.0 Å². The minimum atomic E-state index is -1.47. The highest BCUT2D eigenvalue weighted by Crippen LogP contribution is 2.68. The van der Waals surface area contributed by atoms with Crippen LogP contribution in [0.25, 0.3) is 0 Å². The second-order valence-corrected chi connectivity index (χ2v) is 13.2. The van der Waals surface area contributed by atoms with Crippen molar-refractivity contribution in [1.82, 2.24) is 0 Å². The van der Waals surface area contributed by atoms with Crippen molar-refractivity contribution < 1.29 is 48.7 Å². The van der Waals surface area contributed by atoms with Gasteiger partial charge in [0.2, 0.25) is 12.1 Å². The molecule has 0 amide bonds. The van der Waals surface area contributed by atoms with E-state index in [0.717, 1.165) is 0 Å². The zero-order valence-corrected chi connectivity index (χ0v) is 23.6. The molecule has 11 atom stereocenters. The number of aliphatic hydroxyl groups excluding tert-OH is 1. The van der Waals surface area contributed by atoms with Crippen LogP contribution in [0.5, 0.6) is 0 Å². The minimum Gasteiger partial charge on any atom is -0.458 e. The Balaban J connectivity index is 1.26. The highest BCUT2D eigenvalue weighted by molar-refractivity contribution is 5.97. The molecule has 0 unspecified atom stereocenters. The topological polar surface area (TPSA) is 149 Å². The van der Waals surface area contributed by atoms with Crippen molar-refractivity contribution in [3.8, 4) is 0 Å². The smallest absolute Gasteiger partial charge is 0.331 e. The molecule has 0 aromatic rings. The van der Waals surface area contributed by atoms with E-state index in [1.54, 1.807) is 6.92 Å². The van der Waals surface area contributed by atoms with Crippen molar-refractivity contribution >= 4 is 17.5 Å². The molecule has 2 aliphatic heterocycles. The number of aliphatic hydroxyl groups is 3.